The number of unbranched alkanes of at least 4 members (excludes halogenated alkanes) is 5. The van der Waals surface area contributed by atoms with Gasteiger partial charge in [0.15, 0.2) is 0 Å². The van der Waals surface area contributed by atoms with E-state index in [9.17, 15) is 4.79 Å². The number of aromatic nitrogens is 2. The van der Waals surface area contributed by atoms with Gasteiger partial charge in [-0.15, -0.1) is 0 Å². The lowest BCUT2D eigenvalue weighted by molar-refractivity contribution is -0.131. The third kappa shape index (κ3) is 7.18. The van der Waals surface area contributed by atoms with Gasteiger partial charge in [-0.25, -0.2) is 9.97 Å². The molecule has 0 saturated carbocycles. The number of hydrogen-bond donors (Lipinski definition) is 0. The molecule has 0 radical (unpaired) electrons. The summed E-state index contributed by atoms with van der Waals surface area (Å²) in [6, 6.07) is 8.17. The maximum absolute atomic E-state index is 12.7. The minimum atomic E-state index is 0.303. The second-order valence-corrected chi connectivity index (χ2v) is 9.07. The van der Waals surface area contributed by atoms with Crippen LogP contribution in [0, 0.1) is 13.8 Å². The molecule has 0 aliphatic carbocycles. The van der Waals surface area contributed by atoms with Crippen molar-refractivity contribution in [3.05, 3.63) is 46.9 Å². The van der Waals surface area contributed by atoms with Gasteiger partial charge in [-0.2, -0.15) is 0 Å². The molecule has 180 valence electrons. The van der Waals surface area contributed by atoms with Crippen molar-refractivity contribution in [2.24, 2.45) is 0 Å². The first-order chi connectivity index (χ1) is 16.0. The number of ether oxygens (including phenoxy) is 1. The van der Waals surface area contributed by atoms with Crippen LogP contribution in [0.1, 0.15) is 74.5 Å². The number of amides is 1. The fourth-order valence-corrected chi connectivity index (χ4v) is 4.56. The first-order valence-corrected chi connectivity index (χ1v) is 12.5. The predicted octanol–water partition coefficient (Wildman–Crippen LogP) is 5.09. The van der Waals surface area contributed by atoms with E-state index < -0.39 is 0 Å². The summed E-state index contributed by atoms with van der Waals surface area (Å²) < 4.78 is 5.40. The standard InChI is InChI=1S/C27H40N4O2/c1-5-6-7-8-9-10-14-26(32)30-15-17-31(18-16-30)27-25(21(2)28-22(3)29-27)20-23-12-11-13-24(19-23)33-4/h11-13,19H,5-10,14-18,20H2,1-4H3. The number of benzene rings is 1. The van der Waals surface area contributed by atoms with Crippen LogP contribution < -0.4 is 9.64 Å². The van der Waals surface area contributed by atoms with Gasteiger partial charge in [0.05, 0.1) is 7.11 Å². The van der Waals surface area contributed by atoms with Crippen molar-refractivity contribution in [2.45, 2.75) is 72.1 Å². The SMILES string of the molecule is CCCCCCCCC(=O)N1CCN(c2nc(C)nc(C)c2Cc2cccc(OC)c2)CC1. The Balaban J connectivity index is 1.61. The van der Waals surface area contributed by atoms with Gasteiger partial charge < -0.3 is 14.5 Å². The highest BCUT2D eigenvalue weighted by atomic mass is 16.5. The van der Waals surface area contributed by atoms with Crippen molar-refractivity contribution in [3.8, 4) is 5.75 Å². The molecule has 2 aromatic rings. The molecule has 1 aromatic heterocycles. The Bertz CT molecular complexity index is 907. The van der Waals surface area contributed by atoms with Crippen LogP contribution in [0.25, 0.3) is 0 Å². The van der Waals surface area contributed by atoms with Crippen LogP contribution >= 0.6 is 0 Å². The van der Waals surface area contributed by atoms with Crippen molar-refractivity contribution >= 4 is 11.7 Å². The van der Waals surface area contributed by atoms with Crippen LogP contribution in [0.5, 0.6) is 5.75 Å². The van der Waals surface area contributed by atoms with Gasteiger partial charge in [-0.1, -0.05) is 51.2 Å². The highest BCUT2D eigenvalue weighted by Gasteiger charge is 2.24. The Hall–Kier alpha value is -2.63. The predicted molar refractivity (Wildman–Crippen MR) is 134 cm³/mol. The Morgan fingerprint density at radius 1 is 1.00 bits per heavy atom. The topological polar surface area (TPSA) is 58.6 Å². The molecule has 0 bridgehead atoms. The van der Waals surface area contributed by atoms with Crippen LogP contribution in [-0.4, -0.2) is 54.1 Å². The molecule has 1 saturated heterocycles. The van der Waals surface area contributed by atoms with Gasteiger partial charge in [0, 0.05) is 50.3 Å². The van der Waals surface area contributed by atoms with Crippen molar-refractivity contribution in [1.82, 2.24) is 14.9 Å². The average molecular weight is 453 g/mol. The Morgan fingerprint density at radius 3 is 2.45 bits per heavy atom. The highest BCUT2D eigenvalue weighted by molar-refractivity contribution is 5.76. The lowest BCUT2D eigenvalue weighted by Crippen LogP contribution is -2.49. The molecule has 3 rings (SSSR count). The Kier molecular flexibility index (Phi) is 9.52. The molecule has 2 heterocycles. The molecule has 6 nitrogen and oxygen atoms in total. The fourth-order valence-electron chi connectivity index (χ4n) is 4.56. The number of nitrogens with zero attached hydrogens (tertiary/aromatic N) is 4. The van der Waals surface area contributed by atoms with E-state index in [-0.39, 0.29) is 0 Å². The van der Waals surface area contributed by atoms with Gasteiger partial charge in [-0.3, -0.25) is 4.79 Å². The lowest BCUT2D eigenvalue weighted by atomic mass is 10.0. The van der Waals surface area contributed by atoms with Crippen molar-refractivity contribution in [2.75, 3.05) is 38.2 Å². The van der Waals surface area contributed by atoms with E-state index in [1.165, 1.54) is 37.7 Å². The molecule has 6 heteroatoms. The van der Waals surface area contributed by atoms with Crippen molar-refractivity contribution < 1.29 is 9.53 Å². The van der Waals surface area contributed by atoms with Crippen LogP contribution in [-0.2, 0) is 11.2 Å². The van der Waals surface area contributed by atoms with Gasteiger partial charge in [0.25, 0.3) is 0 Å². The third-order valence-corrected chi connectivity index (χ3v) is 6.50. The number of methoxy groups -OCH3 is 1. The normalized spacial score (nSPS) is 13.9. The monoisotopic (exact) mass is 452 g/mol. The molecule has 1 aliphatic rings. The summed E-state index contributed by atoms with van der Waals surface area (Å²) in [6.07, 6.45) is 8.72. The number of rotatable bonds is 11. The van der Waals surface area contributed by atoms with Crippen LogP contribution in [0.4, 0.5) is 5.82 Å². The summed E-state index contributed by atoms with van der Waals surface area (Å²) >= 11 is 0. The molecule has 1 aromatic carbocycles. The quantitative estimate of drug-likeness (QED) is 0.444. The molecule has 0 spiro atoms. The van der Waals surface area contributed by atoms with E-state index in [1.807, 2.05) is 24.0 Å². The number of aryl methyl sites for hydroxylation is 2. The van der Waals surface area contributed by atoms with Crippen molar-refractivity contribution in [3.63, 3.8) is 0 Å². The molecule has 0 N–H and O–H groups in total. The summed E-state index contributed by atoms with van der Waals surface area (Å²) in [5, 5.41) is 0. The zero-order chi connectivity index (χ0) is 23.6. The minimum Gasteiger partial charge on any atom is -0.497 e. The minimum absolute atomic E-state index is 0.303. The summed E-state index contributed by atoms with van der Waals surface area (Å²) in [6.45, 7) is 9.38. The first-order valence-electron chi connectivity index (χ1n) is 12.5. The molecule has 33 heavy (non-hydrogen) atoms. The van der Waals surface area contributed by atoms with E-state index in [0.717, 1.165) is 67.7 Å². The first kappa shape index (κ1) is 25.0. The van der Waals surface area contributed by atoms with E-state index in [4.69, 9.17) is 9.72 Å². The summed E-state index contributed by atoms with van der Waals surface area (Å²) in [4.78, 5) is 26.5. The lowest BCUT2D eigenvalue weighted by Gasteiger charge is -2.36. The maximum atomic E-state index is 12.7. The number of carbonyl (C=O) groups excluding carboxylic acids is 1. The molecular weight excluding hydrogens is 412 g/mol. The van der Waals surface area contributed by atoms with Crippen LogP contribution in [0.3, 0.4) is 0 Å². The summed E-state index contributed by atoms with van der Waals surface area (Å²) in [5.41, 5.74) is 3.35. The molecule has 1 aliphatic heterocycles. The smallest absolute Gasteiger partial charge is 0.222 e. The zero-order valence-corrected chi connectivity index (χ0v) is 20.9. The van der Waals surface area contributed by atoms with Crippen LogP contribution in [0.2, 0.25) is 0 Å². The number of piperazine rings is 1. The van der Waals surface area contributed by atoms with E-state index in [0.29, 0.717) is 12.3 Å². The number of carbonyl (C=O) groups is 1. The van der Waals surface area contributed by atoms with E-state index >= 15 is 0 Å². The summed E-state index contributed by atoms with van der Waals surface area (Å²) in [5.74, 6) is 2.96. The molecule has 1 fully saturated rings. The number of anilines is 1. The second kappa shape index (κ2) is 12.6. The molecular formula is C27H40N4O2. The van der Waals surface area contributed by atoms with Crippen molar-refractivity contribution in [1.29, 1.82) is 0 Å². The van der Waals surface area contributed by atoms with Gasteiger partial charge in [0.1, 0.15) is 17.4 Å². The largest absolute Gasteiger partial charge is 0.497 e. The van der Waals surface area contributed by atoms with Gasteiger partial charge in [0.2, 0.25) is 5.91 Å². The van der Waals surface area contributed by atoms with E-state index in [2.05, 4.69) is 35.9 Å². The highest BCUT2D eigenvalue weighted by Crippen LogP contribution is 2.26. The zero-order valence-electron chi connectivity index (χ0n) is 20.9. The Labute approximate surface area is 199 Å². The van der Waals surface area contributed by atoms with Crippen LogP contribution in [0.15, 0.2) is 24.3 Å². The molecule has 1 amide bonds. The Morgan fingerprint density at radius 2 is 1.73 bits per heavy atom. The molecule has 0 atom stereocenters. The molecule has 0 unspecified atom stereocenters. The van der Waals surface area contributed by atoms with Gasteiger partial charge >= 0.3 is 0 Å². The second-order valence-electron chi connectivity index (χ2n) is 9.07. The fraction of sp³-hybridized carbons (Fsp3) is 0.593. The average Bonchev–Trinajstić information content (AvgIpc) is 2.83. The maximum Gasteiger partial charge on any atom is 0.222 e. The third-order valence-electron chi connectivity index (χ3n) is 6.50. The van der Waals surface area contributed by atoms with E-state index in [1.54, 1.807) is 7.11 Å². The number of hydrogen-bond acceptors (Lipinski definition) is 5. The summed E-state index contributed by atoms with van der Waals surface area (Å²) in [7, 11) is 1.69. The van der Waals surface area contributed by atoms with Gasteiger partial charge in [-0.05, 0) is 38.0 Å².